The average molecular weight is 252 g/mol. The van der Waals surface area contributed by atoms with Crippen molar-refractivity contribution in [2.45, 2.75) is 58.9 Å². The van der Waals surface area contributed by atoms with Crippen LogP contribution in [-0.4, -0.2) is 25.0 Å². The van der Waals surface area contributed by atoms with E-state index in [1.54, 1.807) is 0 Å². The Morgan fingerprint density at radius 3 is 2.44 bits per heavy atom. The van der Waals surface area contributed by atoms with Gasteiger partial charge in [0.15, 0.2) is 0 Å². The van der Waals surface area contributed by atoms with E-state index < -0.39 is 0 Å². The molecule has 18 heavy (non-hydrogen) atoms. The van der Waals surface area contributed by atoms with E-state index in [2.05, 4.69) is 31.4 Å². The second-order valence-corrected chi connectivity index (χ2v) is 6.54. The number of rotatable bonds is 4. The first-order chi connectivity index (χ1) is 8.56. The summed E-state index contributed by atoms with van der Waals surface area (Å²) >= 11 is 0. The Morgan fingerprint density at radius 2 is 1.94 bits per heavy atom. The first-order valence-corrected chi connectivity index (χ1v) is 7.58. The fourth-order valence-corrected chi connectivity index (χ4v) is 3.59. The van der Waals surface area contributed by atoms with Crippen LogP contribution in [0.3, 0.4) is 0 Å². The monoisotopic (exact) mass is 252 g/mol. The first kappa shape index (κ1) is 13.9. The van der Waals surface area contributed by atoms with Crippen LogP contribution in [0.15, 0.2) is 0 Å². The molecule has 2 atom stereocenters. The highest BCUT2D eigenvalue weighted by atomic mass is 16.2. The van der Waals surface area contributed by atoms with Crippen LogP contribution in [0.5, 0.6) is 0 Å². The van der Waals surface area contributed by atoms with Crippen molar-refractivity contribution in [2.24, 2.45) is 17.3 Å². The molecule has 0 radical (unpaired) electrons. The molecule has 2 aliphatic rings. The largest absolute Gasteiger partial charge is 0.353 e. The maximum absolute atomic E-state index is 12.6. The highest BCUT2D eigenvalue weighted by Crippen LogP contribution is 2.35. The van der Waals surface area contributed by atoms with Crippen molar-refractivity contribution in [1.82, 2.24) is 10.6 Å². The fourth-order valence-electron chi connectivity index (χ4n) is 3.59. The van der Waals surface area contributed by atoms with Crippen molar-refractivity contribution in [3.8, 4) is 0 Å². The fraction of sp³-hybridized carbons (Fsp3) is 0.933. The molecule has 1 unspecified atom stereocenters. The van der Waals surface area contributed by atoms with Crippen molar-refractivity contribution < 1.29 is 4.79 Å². The summed E-state index contributed by atoms with van der Waals surface area (Å²) in [6.07, 6.45) is 6.22. The molecule has 3 heteroatoms. The van der Waals surface area contributed by atoms with E-state index in [0.29, 0.717) is 17.9 Å². The molecule has 3 nitrogen and oxygen atoms in total. The summed E-state index contributed by atoms with van der Waals surface area (Å²) in [5.74, 6) is 1.39. The van der Waals surface area contributed by atoms with Gasteiger partial charge in [-0.3, -0.25) is 4.79 Å². The molecule has 0 aromatic rings. The molecule has 0 spiro atoms. The van der Waals surface area contributed by atoms with Crippen LogP contribution in [0.4, 0.5) is 0 Å². The summed E-state index contributed by atoms with van der Waals surface area (Å²) in [4.78, 5) is 12.6. The van der Waals surface area contributed by atoms with Gasteiger partial charge in [0, 0.05) is 12.6 Å². The van der Waals surface area contributed by atoms with Crippen LogP contribution < -0.4 is 10.6 Å². The molecular formula is C15H28N2O. The Balaban J connectivity index is 1.97. The van der Waals surface area contributed by atoms with Gasteiger partial charge in [0.1, 0.15) is 0 Å². The molecule has 1 saturated heterocycles. The van der Waals surface area contributed by atoms with E-state index in [-0.39, 0.29) is 11.3 Å². The lowest BCUT2D eigenvalue weighted by Gasteiger charge is -2.33. The van der Waals surface area contributed by atoms with Gasteiger partial charge in [-0.2, -0.15) is 0 Å². The third-order valence-corrected chi connectivity index (χ3v) is 5.21. The summed E-state index contributed by atoms with van der Waals surface area (Å²) < 4.78 is 0. The molecule has 104 valence electrons. The number of hydrogen-bond donors (Lipinski definition) is 2. The second kappa shape index (κ2) is 5.60. The molecule has 0 aromatic carbocycles. The molecule has 2 fully saturated rings. The summed E-state index contributed by atoms with van der Waals surface area (Å²) in [6, 6.07) is 0.344. The molecule has 1 saturated carbocycles. The molecule has 2 rings (SSSR count). The Kier molecular flexibility index (Phi) is 4.31. The quantitative estimate of drug-likeness (QED) is 0.806. The van der Waals surface area contributed by atoms with E-state index in [1.165, 1.54) is 25.7 Å². The molecule has 1 aliphatic heterocycles. The Labute approximate surface area is 111 Å². The molecule has 0 bridgehead atoms. The number of amides is 1. The zero-order valence-corrected chi connectivity index (χ0v) is 12.1. The van der Waals surface area contributed by atoms with E-state index in [1.807, 2.05) is 0 Å². The molecule has 0 aromatic heterocycles. The number of nitrogens with one attached hydrogen (secondary N) is 2. The zero-order valence-electron chi connectivity index (χ0n) is 12.1. The number of carbonyl (C=O) groups excluding carboxylic acids is 1. The second-order valence-electron chi connectivity index (χ2n) is 6.54. The molecular weight excluding hydrogens is 224 g/mol. The zero-order chi connectivity index (χ0) is 13.2. The standard InChI is InChI=1S/C15H28N2O/c1-11(2)15(8-9-16-10-15)14(18)17-12(3)13-6-4-5-7-13/h11-13,16H,4-10H2,1-3H3,(H,17,18)/t12-,15?/m1/s1. The maximum Gasteiger partial charge on any atom is 0.228 e. The van der Waals surface area contributed by atoms with Crippen LogP contribution in [0.2, 0.25) is 0 Å². The van der Waals surface area contributed by atoms with Crippen LogP contribution in [0, 0.1) is 17.3 Å². The van der Waals surface area contributed by atoms with Crippen molar-refractivity contribution in [1.29, 1.82) is 0 Å². The predicted molar refractivity (Wildman–Crippen MR) is 74.3 cm³/mol. The van der Waals surface area contributed by atoms with Gasteiger partial charge < -0.3 is 10.6 Å². The molecule has 1 aliphatic carbocycles. The minimum atomic E-state index is -0.174. The summed E-state index contributed by atoms with van der Waals surface area (Å²) in [5.41, 5.74) is -0.174. The Hall–Kier alpha value is -0.570. The number of hydrogen-bond acceptors (Lipinski definition) is 2. The van der Waals surface area contributed by atoms with Crippen molar-refractivity contribution in [3.63, 3.8) is 0 Å². The van der Waals surface area contributed by atoms with Gasteiger partial charge in [-0.05, 0) is 44.6 Å². The van der Waals surface area contributed by atoms with E-state index >= 15 is 0 Å². The lowest BCUT2D eigenvalue weighted by molar-refractivity contribution is -0.133. The van der Waals surface area contributed by atoms with Crippen LogP contribution in [0.25, 0.3) is 0 Å². The van der Waals surface area contributed by atoms with E-state index in [4.69, 9.17) is 0 Å². The first-order valence-electron chi connectivity index (χ1n) is 7.58. The minimum Gasteiger partial charge on any atom is -0.353 e. The highest BCUT2D eigenvalue weighted by Gasteiger charge is 2.44. The third-order valence-electron chi connectivity index (χ3n) is 5.21. The van der Waals surface area contributed by atoms with Crippen LogP contribution >= 0.6 is 0 Å². The predicted octanol–water partition coefficient (Wildman–Crippen LogP) is 2.32. The van der Waals surface area contributed by atoms with Gasteiger partial charge >= 0.3 is 0 Å². The van der Waals surface area contributed by atoms with Crippen molar-refractivity contribution in [2.75, 3.05) is 13.1 Å². The smallest absolute Gasteiger partial charge is 0.228 e. The summed E-state index contributed by atoms with van der Waals surface area (Å²) in [5, 5.41) is 6.66. The molecule has 2 N–H and O–H groups in total. The van der Waals surface area contributed by atoms with Gasteiger partial charge in [0.05, 0.1) is 5.41 Å². The van der Waals surface area contributed by atoms with Crippen molar-refractivity contribution in [3.05, 3.63) is 0 Å². The summed E-state index contributed by atoms with van der Waals surface area (Å²) in [6.45, 7) is 8.35. The van der Waals surface area contributed by atoms with E-state index in [9.17, 15) is 4.79 Å². The molecule has 1 amide bonds. The van der Waals surface area contributed by atoms with Gasteiger partial charge in [0.2, 0.25) is 5.91 Å². The highest BCUT2D eigenvalue weighted by molar-refractivity contribution is 5.83. The van der Waals surface area contributed by atoms with Gasteiger partial charge in [0.25, 0.3) is 0 Å². The number of carbonyl (C=O) groups is 1. The van der Waals surface area contributed by atoms with Gasteiger partial charge in [-0.15, -0.1) is 0 Å². The Morgan fingerprint density at radius 1 is 1.28 bits per heavy atom. The van der Waals surface area contributed by atoms with Crippen LogP contribution in [-0.2, 0) is 4.79 Å². The third kappa shape index (κ3) is 2.56. The topological polar surface area (TPSA) is 41.1 Å². The molecule has 1 heterocycles. The van der Waals surface area contributed by atoms with Crippen LogP contribution in [0.1, 0.15) is 52.9 Å². The lowest BCUT2D eigenvalue weighted by Crippen LogP contribution is -2.50. The van der Waals surface area contributed by atoms with E-state index in [0.717, 1.165) is 19.5 Å². The van der Waals surface area contributed by atoms with Gasteiger partial charge in [-0.1, -0.05) is 26.7 Å². The minimum absolute atomic E-state index is 0.174. The maximum atomic E-state index is 12.6. The Bertz CT molecular complexity index is 289. The van der Waals surface area contributed by atoms with Crippen molar-refractivity contribution >= 4 is 5.91 Å². The average Bonchev–Trinajstić information content (AvgIpc) is 3.01. The summed E-state index contributed by atoms with van der Waals surface area (Å²) in [7, 11) is 0. The SMILES string of the molecule is CC(C)C1(C(=O)N[C@H](C)C2CCCC2)CCNC1. The normalized spacial score (nSPS) is 30.9. The van der Waals surface area contributed by atoms with Gasteiger partial charge in [-0.25, -0.2) is 0 Å². The lowest BCUT2D eigenvalue weighted by atomic mass is 9.75.